The van der Waals surface area contributed by atoms with E-state index in [-0.39, 0.29) is 48.6 Å². The highest BCUT2D eigenvalue weighted by molar-refractivity contribution is 8.14. The van der Waals surface area contributed by atoms with Gasteiger partial charge in [-0.15, -0.1) is 0 Å². The molecule has 3 aliphatic rings. The van der Waals surface area contributed by atoms with Crippen LogP contribution in [0.5, 0.6) is 0 Å². The predicted molar refractivity (Wildman–Crippen MR) is 114 cm³/mol. The van der Waals surface area contributed by atoms with Crippen LogP contribution in [0.3, 0.4) is 0 Å². The molecule has 2 aliphatic heterocycles. The predicted octanol–water partition coefficient (Wildman–Crippen LogP) is 3.59. The Kier molecular flexibility index (Phi) is 6.04. The van der Waals surface area contributed by atoms with E-state index in [0.29, 0.717) is 5.17 Å². The maximum absolute atomic E-state index is 13.1. The van der Waals surface area contributed by atoms with Gasteiger partial charge < -0.3 is 0 Å². The van der Waals surface area contributed by atoms with Crippen molar-refractivity contribution in [1.29, 1.82) is 0 Å². The van der Waals surface area contributed by atoms with Gasteiger partial charge >= 0.3 is 0 Å². The standard InChI is InChI=1S/C22H27N3O3S/c1-2-16-14-29-22(23-15-8-4-3-5-9-15)25(16)19(26)12-13-24-20(27)17-10-6-7-11-18(17)21(24)28/h3-5,8-9,16-18H,2,6-7,10-14H2,1H3/t16-,17+,18+/m1/s1. The maximum Gasteiger partial charge on any atom is 0.233 e. The number of amidine groups is 1. The summed E-state index contributed by atoms with van der Waals surface area (Å²) in [6.07, 6.45) is 4.62. The van der Waals surface area contributed by atoms with E-state index in [1.54, 1.807) is 16.7 Å². The number of carbonyl (C=O) groups is 3. The van der Waals surface area contributed by atoms with Crippen molar-refractivity contribution in [2.45, 2.75) is 51.5 Å². The fourth-order valence-electron chi connectivity index (χ4n) is 4.56. The van der Waals surface area contributed by atoms with Crippen molar-refractivity contribution in [3.63, 3.8) is 0 Å². The Balaban J connectivity index is 1.45. The second-order valence-corrected chi connectivity index (χ2v) is 8.93. The van der Waals surface area contributed by atoms with E-state index in [9.17, 15) is 14.4 Å². The molecule has 3 atom stereocenters. The molecule has 0 spiro atoms. The summed E-state index contributed by atoms with van der Waals surface area (Å²) in [5, 5.41) is 0.709. The summed E-state index contributed by atoms with van der Waals surface area (Å²) < 4.78 is 0. The zero-order valence-corrected chi connectivity index (χ0v) is 17.6. The molecule has 2 saturated heterocycles. The molecule has 154 valence electrons. The van der Waals surface area contributed by atoms with Gasteiger partial charge in [-0.3, -0.25) is 24.2 Å². The van der Waals surface area contributed by atoms with Crippen LogP contribution in [-0.2, 0) is 14.4 Å². The molecule has 1 aliphatic carbocycles. The monoisotopic (exact) mass is 413 g/mol. The third-order valence-electron chi connectivity index (χ3n) is 6.18. The molecule has 2 heterocycles. The van der Waals surface area contributed by atoms with E-state index in [4.69, 9.17) is 0 Å². The number of rotatable bonds is 5. The SMILES string of the molecule is CC[C@@H]1CSC(=Nc2ccccc2)N1C(=O)CCN1C(=O)[C@H]2CCCC[C@@H]2C1=O. The second kappa shape index (κ2) is 8.69. The van der Waals surface area contributed by atoms with Crippen molar-refractivity contribution in [1.82, 2.24) is 9.80 Å². The molecule has 1 aromatic rings. The zero-order chi connectivity index (χ0) is 20.4. The van der Waals surface area contributed by atoms with Gasteiger partial charge in [-0.1, -0.05) is 49.7 Å². The fraction of sp³-hybridized carbons (Fsp3) is 0.545. The van der Waals surface area contributed by atoms with Crippen LogP contribution in [0.15, 0.2) is 35.3 Å². The molecule has 3 amide bonds. The molecule has 7 heteroatoms. The van der Waals surface area contributed by atoms with E-state index in [1.165, 1.54) is 4.90 Å². The third kappa shape index (κ3) is 3.97. The number of imide groups is 1. The number of thioether (sulfide) groups is 1. The highest BCUT2D eigenvalue weighted by Crippen LogP contribution is 2.38. The quantitative estimate of drug-likeness (QED) is 0.692. The molecule has 0 radical (unpaired) electrons. The van der Waals surface area contributed by atoms with Crippen LogP contribution in [0.1, 0.15) is 45.4 Å². The summed E-state index contributed by atoms with van der Waals surface area (Å²) in [5.41, 5.74) is 0.818. The Morgan fingerprint density at radius 1 is 1.10 bits per heavy atom. The van der Waals surface area contributed by atoms with Crippen molar-refractivity contribution in [2.24, 2.45) is 16.8 Å². The van der Waals surface area contributed by atoms with Crippen molar-refractivity contribution in [3.05, 3.63) is 30.3 Å². The van der Waals surface area contributed by atoms with Crippen LogP contribution in [0, 0.1) is 11.8 Å². The van der Waals surface area contributed by atoms with Crippen LogP contribution in [0.2, 0.25) is 0 Å². The first-order valence-electron chi connectivity index (χ1n) is 10.5. The lowest BCUT2D eigenvalue weighted by Gasteiger charge is -2.24. The third-order valence-corrected chi connectivity index (χ3v) is 7.28. The molecular weight excluding hydrogens is 386 g/mol. The smallest absolute Gasteiger partial charge is 0.233 e. The van der Waals surface area contributed by atoms with E-state index in [2.05, 4.69) is 11.9 Å². The molecule has 0 bridgehead atoms. The van der Waals surface area contributed by atoms with Gasteiger partial charge in [-0.05, 0) is 31.4 Å². The summed E-state index contributed by atoms with van der Waals surface area (Å²) in [4.78, 5) is 46.2. The Morgan fingerprint density at radius 2 is 1.76 bits per heavy atom. The fourth-order valence-corrected chi connectivity index (χ4v) is 5.85. The lowest BCUT2D eigenvalue weighted by atomic mass is 9.81. The molecule has 3 fully saturated rings. The summed E-state index contributed by atoms with van der Waals surface area (Å²) >= 11 is 1.59. The normalized spacial score (nSPS) is 28.3. The Bertz CT molecular complexity index is 802. The van der Waals surface area contributed by atoms with Crippen LogP contribution in [0.25, 0.3) is 0 Å². The molecule has 0 N–H and O–H groups in total. The number of likely N-dealkylation sites (tertiary alicyclic amines) is 1. The minimum atomic E-state index is -0.160. The van der Waals surface area contributed by atoms with Gasteiger partial charge in [0.05, 0.1) is 17.5 Å². The van der Waals surface area contributed by atoms with E-state index < -0.39 is 0 Å². The summed E-state index contributed by atoms with van der Waals surface area (Å²) in [6.45, 7) is 2.24. The number of hydrogen-bond donors (Lipinski definition) is 0. The van der Waals surface area contributed by atoms with E-state index in [1.807, 2.05) is 30.3 Å². The lowest BCUT2D eigenvalue weighted by molar-refractivity contribution is -0.140. The molecule has 0 aromatic heterocycles. The Hall–Kier alpha value is -2.15. The number of para-hydroxylation sites is 1. The average Bonchev–Trinajstić information content (AvgIpc) is 3.26. The maximum atomic E-state index is 13.1. The summed E-state index contributed by atoms with van der Waals surface area (Å²) in [6, 6.07) is 9.71. The molecule has 4 rings (SSSR count). The van der Waals surface area contributed by atoms with Crippen molar-refractivity contribution < 1.29 is 14.4 Å². The van der Waals surface area contributed by atoms with Gasteiger partial charge in [-0.25, -0.2) is 4.99 Å². The van der Waals surface area contributed by atoms with Crippen LogP contribution < -0.4 is 0 Å². The number of amides is 3. The molecular formula is C22H27N3O3S. The first kappa shape index (κ1) is 20.1. The minimum Gasteiger partial charge on any atom is -0.287 e. The summed E-state index contributed by atoms with van der Waals surface area (Å²) in [5.74, 6) is 0.285. The zero-order valence-electron chi connectivity index (χ0n) is 16.8. The molecule has 1 aromatic carbocycles. The molecule has 6 nitrogen and oxygen atoms in total. The van der Waals surface area contributed by atoms with Crippen LogP contribution >= 0.6 is 11.8 Å². The summed E-state index contributed by atoms with van der Waals surface area (Å²) in [7, 11) is 0. The second-order valence-electron chi connectivity index (χ2n) is 7.94. The van der Waals surface area contributed by atoms with Crippen molar-refractivity contribution in [3.8, 4) is 0 Å². The first-order chi connectivity index (χ1) is 14.1. The van der Waals surface area contributed by atoms with Gasteiger partial charge in [0, 0.05) is 24.8 Å². The topological polar surface area (TPSA) is 70.1 Å². The number of carbonyl (C=O) groups excluding carboxylic acids is 3. The first-order valence-corrected chi connectivity index (χ1v) is 11.5. The van der Waals surface area contributed by atoms with Gasteiger partial charge in [0.2, 0.25) is 17.7 Å². The number of aliphatic imine (C=N–C) groups is 1. The minimum absolute atomic E-state index is 0.0630. The van der Waals surface area contributed by atoms with Gasteiger partial charge in [0.25, 0.3) is 0 Å². The van der Waals surface area contributed by atoms with Gasteiger partial charge in [-0.2, -0.15) is 0 Å². The van der Waals surface area contributed by atoms with Gasteiger partial charge in [0.15, 0.2) is 5.17 Å². The lowest BCUT2D eigenvalue weighted by Crippen LogP contribution is -2.41. The highest BCUT2D eigenvalue weighted by Gasteiger charge is 2.48. The number of benzene rings is 1. The number of nitrogens with zero attached hydrogens (tertiary/aromatic N) is 3. The molecule has 0 unspecified atom stereocenters. The highest BCUT2D eigenvalue weighted by atomic mass is 32.2. The van der Waals surface area contributed by atoms with Crippen molar-refractivity contribution in [2.75, 3.05) is 12.3 Å². The van der Waals surface area contributed by atoms with E-state index >= 15 is 0 Å². The van der Waals surface area contributed by atoms with Crippen LogP contribution in [0.4, 0.5) is 5.69 Å². The van der Waals surface area contributed by atoms with E-state index in [0.717, 1.165) is 43.5 Å². The Labute approximate surface area is 175 Å². The average molecular weight is 414 g/mol. The van der Waals surface area contributed by atoms with Crippen LogP contribution in [-0.4, -0.2) is 51.0 Å². The number of fused-ring (bicyclic) bond motifs is 1. The number of hydrogen-bond acceptors (Lipinski definition) is 5. The molecule has 29 heavy (non-hydrogen) atoms. The Morgan fingerprint density at radius 3 is 2.38 bits per heavy atom. The van der Waals surface area contributed by atoms with Crippen molar-refractivity contribution >= 4 is 40.3 Å². The molecule has 1 saturated carbocycles. The largest absolute Gasteiger partial charge is 0.287 e. The van der Waals surface area contributed by atoms with Gasteiger partial charge in [0.1, 0.15) is 0 Å².